The van der Waals surface area contributed by atoms with Gasteiger partial charge >= 0.3 is 0 Å². The lowest BCUT2D eigenvalue weighted by molar-refractivity contribution is -0.152. The molecule has 4 nitrogen and oxygen atoms in total. The number of benzene rings is 1. The average Bonchev–Trinajstić information content (AvgIpc) is 2.71. The molecule has 0 radical (unpaired) electrons. The van der Waals surface area contributed by atoms with Crippen LogP contribution in [0.4, 0.5) is 0 Å². The molecular weight excluding hydrogens is 300 g/mol. The molecule has 1 saturated carbocycles. The standard InChI is InChI=1S/C20H26N2O2/c1-14-6-8-16(9-7-14)20(24)21-12-18-17-5-3-2-4-15(17)10-11-22(18)19(23)13-21/h2-5,14,16,18H,6-13H2,1H3/t14?,16?,18-/m0/s1/i6D2,7D2,8D2,9D2,14D. The zero-order valence-electron chi connectivity index (χ0n) is 22.5. The van der Waals surface area contributed by atoms with Gasteiger partial charge in [-0.05, 0) is 48.9 Å². The molecule has 4 heteroatoms. The smallest absolute Gasteiger partial charge is 0.242 e. The van der Waals surface area contributed by atoms with E-state index in [2.05, 4.69) is 0 Å². The highest BCUT2D eigenvalue weighted by Gasteiger charge is 2.40. The Morgan fingerprint density at radius 1 is 1.25 bits per heavy atom. The molecule has 1 aliphatic carbocycles. The zero-order chi connectivity index (χ0) is 24.8. The van der Waals surface area contributed by atoms with Crippen LogP contribution in [-0.2, 0) is 16.0 Å². The Morgan fingerprint density at radius 3 is 2.79 bits per heavy atom. The van der Waals surface area contributed by atoms with Crippen molar-refractivity contribution in [1.29, 1.82) is 0 Å². The van der Waals surface area contributed by atoms with Gasteiger partial charge in [-0.2, -0.15) is 0 Å². The van der Waals surface area contributed by atoms with Gasteiger partial charge < -0.3 is 9.80 Å². The van der Waals surface area contributed by atoms with Crippen molar-refractivity contribution in [2.24, 2.45) is 11.8 Å². The van der Waals surface area contributed by atoms with Crippen molar-refractivity contribution in [2.45, 2.75) is 44.9 Å². The largest absolute Gasteiger partial charge is 0.332 e. The number of amides is 2. The summed E-state index contributed by atoms with van der Waals surface area (Å²) in [6.45, 7) is 0.805. The maximum absolute atomic E-state index is 13.6. The van der Waals surface area contributed by atoms with E-state index in [0.717, 1.165) is 23.0 Å². The first kappa shape index (κ1) is 8.50. The maximum atomic E-state index is 13.6. The van der Waals surface area contributed by atoms with Crippen molar-refractivity contribution in [1.82, 2.24) is 9.80 Å². The Morgan fingerprint density at radius 2 is 2.00 bits per heavy atom. The normalized spacial score (nSPS) is 46.9. The molecule has 2 aliphatic heterocycles. The van der Waals surface area contributed by atoms with Crippen LogP contribution in [0.2, 0.25) is 0 Å². The van der Waals surface area contributed by atoms with E-state index in [1.807, 2.05) is 24.3 Å². The number of fused-ring (bicyclic) bond motifs is 3. The van der Waals surface area contributed by atoms with Gasteiger partial charge in [-0.1, -0.05) is 31.2 Å². The summed E-state index contributed by atoms with van der Waals surface area (Å²) in [6, 6.07) is 6.94. The van der Waals surface area contributed by atoms with Gasteiger partial charge in [0.2, 0.25) is 11.8 Å². The molecular formula is C20H26N2O2. The van der Waals surface area contributed by atoms with E-state index in [4.69, 9.17) is 12.3 Å². The van der Waals surface area contributed by atoms with E-state index in [0.29, 0.717) is 13.0 Å². The minimum atomic E-state index is -3.21. The van der Waals surface area contributed by atoms with Gasteiger partial charge in [0.25, 0.3) is 0 Å². The molecule has 0 spiro atoms. The van der Waals surface area contributed by atoms with E-state index in [9.17, 15) is 9.59 Å². The van der Waals surface area contributed by atoms with Crippen LogP contribution in [0.1, 0.15) is 61.9 Å². The number of rotatable bonds is 1. The molecule has 1 saturated heterocycles. The van der Waals surface area contributed by atoms with E-state index >= 15 is 0 Å². The van der Waals surface area contributed by atoms with Crippen molar-refractivity contribution in [3.05, 3.63) is 35.4 Å². The first-order valence-corrected chi connectivity index (χ1v) is 8.16. The zero-order valence-corrected chi connectivity index (χ0v) is 13.5. The van der Waals surface area contributed by atoms with E-state index < -0.39 is 55.8 Å². The third-order valence-corrected chi connectivity index (χ3v) is 4.82. The Labute approximate surface area is 156 Å². The van der Waals surface area contributed by atoms with E-state index in [1.54, 1.807) is 4.90 Å². The lowest BCUT2D eigenvalue weighted by atomic mass is 9.82. The fourth-order valence-electron chi connectivity index (χ4n) is 3.58. The van der Waals surface area contributed by atoms with E-state index in [-0.39, 0.29) is 12.5 Å². The fourth-order valence-corrected chi connectivity index (χ4v) is 3.58. The van der Waals surface area contributed by atoms with Gasteiger partial charge in [0.15, 0.2) is 0 Å². The third kappa shape index (κ3) is 2.72. The molecule has 0 N–H and O–H groups in total. The summed E-state index contributed by atoms with van der Waals surface area (Å²) in [7, 11) is 0. The van der Waals surface area contributed by atoms with Crippen LogP contribution in [0, 0.1) is 11.8 Å². The van der Waals surface area contributed by atoms with Crippen LogP contribution in [0.15, 0.2) is 24.3 Å². The predicted molar refractivity (Wildman–Crippen MR) is 92.3 cm³/mol. The second-order valence-electron chi connectivity index (χ2n) is 6.37. The molecule has 0 unspecified atom stereocenters. The van der Waals surface area contributed by atoms with Crippen LogP contribution < -0.4 is 0 Å². The number of carbonyl (C=O) groups is 2. The monoisotopic (exact) mass is 335 g/mol. The van der Waals surface area contributed by atoms with Crippen molar-refractivity contribution in [2.75, 3.05) is 19.6 Å². The highest BCUT2D eigenvalue weighted by Crippen LogP contribution is 2.35. The quantitative estimate of drug-likeness (QED) is 0.792. The number of piperazine rings is 1. The van der Waals surface area contributed by atoms with Gasteiger partial charge in [0.05, 0.1) is 12.6 Å². The molecule has 3 aliphatic rings. The molecule has 1 aromatic rings. The first-order valence-electron chi connectivity index (χ1n) is 12.7. The predicted octanol–water partition coefficient (Wildman–Crippen LogP) is 2.78. The summed E-state index contributed by atoms with van der Waals surface area (Å²) in [5.74, 6) is -6.75. The number of nitrogens with zero attached hydrogens (tertiary/aromatic N) is 2. The molecule has 0 aromatic heterocycles. The van der Waals surface area contributed by atoms with Crippen molar-refractivity contribution in [3.63, 3.8) is 0 Å². The van der Waals surface area contributed by atoms with Crippen LogP contribution in [0.5, 0.6) is 0 Å². The topological polar surface area (TPSA) is 40.6 Å². The minimum Gasteiger partial charge on any atom is -0.332 e. The highest BCUT2D eigenvalue weighted by atomic mass is 16.2. The number of carbonyl (C=O) groups excluding carboxylic acids is 2. The van der Waals surface area contributed by atoms with E-state index in [1.165, 1.54) is 0 Å². The Hall–Kier alpha value is -1.84. The SMILES string of the molecule is [2H]C1([2H])C(C(=O)N2CC(=O)N3CCc4ccccc4[C@@H]3C2)C([2H])([2H])C([2H])([2H])C([2H])(C)C1([2H])[2H]. The van der Waals surface area contributed by atoms with Crippen molar-refractivity contribution >= 4 is 11.8 Å². The summed E-state index contributed by atoms with van der Waals surface area (Å²) in [6.07, 6.45) is -12.2. The molecule has 4 rings (SSSR count). The summed E-state index contributed by atoms with van der Waals surface area (Å²) in [5, 5.41) is 0. The minimum absolute atomic E-state index is 0.0333. The summed E-state index contributed by atoms with van der Waals surface area (Å²) >= 11 is 0. The molecule has 1 atom stereocenters. The Balaban J connectivity index is 1.75. The number of hydrogen-bond donors (Lipinski definition) is 0. The average molecular weight is 335 g/mol. The van der Waals surface area contributed by atoms with Crippen molar-refractivity contribution in [3.8, 4) is 0 Å². The third-order valence-electron chi connectivity index (χ3n) is 4.82. The van der Waals surface area contributed by atoms with Gasteiger partial charge in [-0.15, -0.1) is 0 Å². The Kier molecular flexibility index (Phi) is 2.21. The molecule has 2 fully saturated rings. The second-order valence-corrected chi connectivity index (χ2v) is 6.37. The van der Waals surface area contributed by atoms with Crippen molar-refractivity contribution < 1.29 is 21.9 Å². The van der Waals surface area contributed by atoms with Crippen LogP contribution >= 0.6 is 0 Å². The molecule has 128 valence electrons. The maximum Gasteiger partial charge on any atom is 0.242 e. The molecule has 24 heavy (non-hydrogen) atoms. The van der Waals surface area contributed by atoms with Crippen LogP contribution in [0.25, 0.3) is 0 Å². The molecule has 1 aromatic carbocycles. The summed E-state index contributed by atoms with van der Waals surface area (Å²) in [5.41, 5.74) is 1.86. The lowest BCUT2D eigenvalue weighted by Crippen LogP contribution is -2.56. The van der Waals surface area contributed by atoms with Gasteiger partial charge in [-0.25, -0.2) is 0 Å². The molecule has 2 heterocycles. The first-order chi connectivity index (χ1) is 15.0. The van der Waals surface area contributed by atoms with Gasteiger partial charge in [0.1, 0.15) is 0 Å². The second kappa shape index (κ2) is 6.23. The molecule has 2 amide bonds. The fraction of sp³-hybridized carbons (Fsp3) is 0.600. The Bertz CT molecular complexity index is 981. The lowest BCUT2D eigenvalue weighted by Gasteiger charge is -2.45. The highest BCUT2D eigenvalue weighted by molar-refractivity contribution is 5.87. The van der Waals surface area contributed by atoms with Crippen LogP contribution in [-0.4, -0.2) is 41.2 Å². The summed E-state index contributed by atoms with van der Waals surface area (Å²) < 4.78 is 74.8. The number of hydrogen-bond acceptors (Lipinski definition) is 2. The summed E-state index contributed by atoms with van der Waals surface area (Å²) in [4.78, 5) is 29.1. The molecule has 0 bridgehead atoms. The van der Waals surface area contributed by atoms with Gasteiger partial charge in [-0.3, -0.25) is 9.59 Å². The van der Waals surface area contributed by atoms with Crippen LogP contribution in [0.3, 0.4) is 0 Å². The van der Waals surface area contributed by atoms with Gasteiger partial charge in [0, 0.05) is 31.3 Å².